The van der Waals surface area contributed by atoms with Gasteiger partial charge in [-0.2, -0.15) is 0 Å². The molecule has 4 rings (SSSR count). The van der Waals surface area contributed by atoms with E-state index in [-0.39, 0.29) is 11.5 Å². The molecule has 6 nitrogen and oxygen atoms in total. The average molecular weight is 417 g/mol. The van der Waals surface area contributed by atoms with E-state index in [4.69, 9.17) is 5.11 Å². The molecule has 1 aromatic heterocycles. The SMILES string of the molecule is Cn1cccc1/C=C1\SC(=Nc2ccccc2)N(Cc2ccc(C(=O)O)cc2)C1=O. The maximum absolute atomic E-state index is 13.2. The molecule has 0 radical (unpaired) electrons. The fourth-order valence-electron chi connectivity index (χ4n) is 3.04. The highest BCUT2D eigenvalue weighted by Crippen LogP contribution is 2.35. The highest BCUT2D eigenvalue weighted by Gasteiger charge is 2.33. The molecule has 1 aliphatic rings. The Hall–Kier alpha value is -3.58. The third kappa shape index (κ3) is 4.21. The number of carboxylic acid groups (broad SMARTS) is 1. The van der Waals surface area contributed by atoms with Crippen molar-refractivity contribution >= 4 is 40.6 Å². The summed E-state index contributed by atoms with van der Waals surface area (Å²) in [5.74, 6) is -1.10. The first kappa shape index (κ1) is 19.7. The predicted octanol–water partition coefficient (Wildman–Crippen LogP) is 4.53. The zero-order valence-electron chi connectivity index (χ0n) is 16.2. The van der Waals surface area contributed by atoms with Crippen molar-refractivity contribution in [1.29, 1.82) is 0 Å². The number of rotatable bonds is 5. The van der Waals surface area contributed by atoms with Gasteiger partial charge in [-0.05, 0) is 59.8 Å². The van der Waals surface area contributed by atoms with Crippen LogP contribution in [0, 0.1) is 0 Å². The summed E-state index contributed by atoms with van der Waals surface area (Å²) < 4.78 is 1.95. The Kier molecular flexibility index (Phi) is 5.54. The van der Waals surface area contributed by atoms with E-state index in [1.165, 1.54) is 11.8 Å². The van der Waals surface area contributed by atoms with Crippen LogP contribution in [0.15, 0.2) is 82.8 Å². The Bertz CT molecular complexity index is 1150. The quantitative estimate of drug-likeness (QED) is 0.619. The Morgan fingerprint density at radius 2 is 1.80 bits per heavy atom. The van der Waals surface area contributed by atoms with Gasteiger partial charge in [0.2, 0.25) is 0 Å². The van der Waals surface area contributed by atoms with Crippen LogP contribution in [0.2, 0.25) is 0 Å². The summed E-state index contributed by atoms with van der Waals surface area (Å²) in [6.07, 6.45) is 3.79. The molecule has 2 aromatic carbocycles. The lowest BCUT2D eigenvalue weighted by Crippen LogP contribution is -2.28. The number of benzene rings is 2. The minimum atomic E-state index is -0.978. The van der Waals surface area contributed by atoms with Gasteiger partial charge in [0.1, 0.15) is 0 Å². The summed E-state index contributed by atoms with van der Waals surface area (Å²) in [5, 5.41) is 9.68. The number of nitrogens with zero attached hydrogens (tertiary/aromatic N) is 3. The van der Waals surface area contributed by atoms with Crippen LogP contribution in [0.25, 0.3) is 6.08 Å². The molecule has 3 aromatic rings. The number of para-hydroxylation sites is 1. The summed E-state index contributed by atoms with van der Waals surface area (Å²) in [6.45, 7) is 0.307. The molecule has 1 N–H and O–H groups in total. The van der Waals surface area contributed by atoms with Gasteiger partial charge >= 0.3 is 5.97 Å². The molecule has 0 bridgehead atoms. The zero-order valence-corrected chi connectivity index (χ0v) is 17.0. The van der Waals surface area contributed by atoms with Gasteiger partial charge in [0.25, 0.3) is 5.91 Å². The molecule has 1 fully saturated rings. The number of thioether (sulfide) groups is 1. The van der Waals surface area contributed by atoms with Crippen molar-refractivity contribution in [3.05, 3.63) is 94.7 Å². The molecular weight excluding hydrogens is 398 g/mol. The second kappa shape index (κ2) is 8.42. The molecule has 1 saturated heterocycles. The Morgan fingerprint density at radius 3 is 2.43 bits per heavy atom. The average Bonchev–Trinajstić information content (AvgIpc) is 3.27. The van der Waals surface area contributed by atoms with Crippen LogP contribution in [0.5, 0.6) is 0 Å². The second-order valence-corrected chi connectivity index (χ2v) is 7.79. The van der Waals surface area contributed by atoms with Crippen LogP contribution in [0.1, 0.15) is 21.6 Å². The minimum absolute atomic E-state index is 0.127. The summed E-state index contributed by atoms with van der Waals surface area (Å²) in [6, 6.07) is 19.9. The van der Waals surface area contributed by atoms with E-state index in [9.17, 15) is 9.59 Å². The third-order valence-electron chi connectivity index (χ3n) is 4.67. The van der Waals surface area contributed by atoms with Gasteiger partial charge in [0.15, 0.2) is 5.17 Å². The fourth-order valence-corrected chi connectivity index (χ4v) is 4.02. The topological polar surface area (TPSA) is 74.9 Å². The van der Waals surface area contributed by atoms with E-state index < -0.39 is 5.97 Å². The number of aromatic nitrogens is 1. The zero-order chi connectivity index (χ0) is 21.1. The monoisotopic (exact) mass is 417 g/mol. The van der Waals surface area contributed by atoms with E-state index in [1.54, 1.807) is 29.2 Å². The number of aryl methyl sites for hydroxylation is 1. The van der Waals surface area contributed by atoms with Crippen molar-refractivity contribution in [1.82, 2.24) is 9.47 Å². The third-order valence-corrected chi connectivity index (χ3v) is 5.68. The van der Waals surface area contributed by atoms with Crippen molar-refractivity contribution in [2.45, 2.75) is 6.54 Å². The van der Waals surface area contributed by atoms with E-state index >= 15 is 0 Å². The van der Waals surface area contributed by atoms with Crippen molar-refractivity contribution in [3.63, 3.8) is 0 Å². The van der Waals surface area contributed by atoms with Gasteiger partial charge in [-0.3, -0.25) is 9.69 Å². The van der Waals surface area contributed by atoms with E-state index in [0.29, 0.717) is 16.6 Å². The van der Waals surface area contributed by atoms with Crippen LogP contribution >= 0.6 is 11.8 Å². The molecule has 7 heteroatoms. The molecule has 150 valence electrons. The van der Waals surface area contributed by atoms with Gasteiger partial charge in [-0.25, -0.2) is 9.79 Å². The number of hydrogen-bond acceptors (Lipinski definition) is 4. The predicted molar refractivity (Wildman–Crippen MR) is 118 cm³/mol. The van der Waals surface area contributed by atoms with Crippen LogP contribution in [0.4, 0.5) is 5.69 Å². The first-order valence-electron chi connectivity index (χ1n) is 9.30. The van der Waals surface area contributed by atoms with Gasteiger partial charge in [0.05, 0.1) is 22.7 Å². The summed E-state index contributed by atoms with van der Waals surface area (Å²) in [7, 11) is 1.93. The van der Waals surface area contributed by atoms with Gasteiger partial charge in [0, 0.05) is 18.9 Å². The van der Waals surface area contributed by atoms with E-state index in [1.807, 2.05) is 66.4 Å². The minimum Gasteiger partial charge on any atom is -0.478 e. The molecular formula is C23H19N3O3S. The van der Waals surface area contributed by atoms with E-state index in [0.717, 1.165) is 16.9 Å². The van der Waals surface area contributed by atoms with Crippen LogP contribution in [-0.2, 0) is 18.4 Å². The fraction of sp³-hybridized carbons (Fsp3) is 0.0870. The molecule has 30 heavy (non-hydrogen) atoms. The molecule has 1 aliphatic heterocycles. The maximum Gasteiger partial charge on any atom is 0.335 e. The normalized spacial score (nSPS) is 16.6. The van der Waals surface area contributed by atoms with Gasteiger partial charge in [-0.1, -0.05) is 30.3 Å². The highest BCUT2D eigenvalue weighted by molar-refractivity contribution is 8.18. The highest BCUT2D eigenvalue weighted by atomic mass is 32.2. The smallest absolute Gasteiger partial charge is 0.335 e. The second-order valence-electron chi connectivity index (χ2n) is 6.78. The Balaban J connectivity index is 1.67. The van der Waals surface area contributed by atoms with Gasteiger partial charge < -0.3 is 9.67 Å². The Morgan fingerprint density at radius 1 is 1.07 bits per heavy atom. The number of aliphatic imine (C=N–C) groups is 1. The summed E-state index contributed by atoms with van der Waals surface area (Å²) in [4.78, 5) is 31.2. The lowest BCUT2D eigenvalue weighted by molar-refractivity contribution is -0.122. The first-order valence-corrected chi connectivity index (χ1v) is 10.1. The number of amides is 1. The van der Waals surface area contributed by atoms with Crippen LogP contribution < -0.4 is 0 Å². The molecule has 2 heterocycles. The number of aromatic carboxylic acids is 1. The molecule has 0 atom stereocenters. The first-order chi connectivity index (χ1) is 14.5. The lowest BCUT2D eigenvalue weighted by Gasteiger charge is -2.16. The molecule has 0 aliphatic carbocycles. The lowest BCUT2D eigenvalue weighted by atomic mass is 10.1. The van der Waals surface area contributed by atoms with E-state index in [2.05, 4.69) is 4.99 Å². The largest absolute Gasteiger partial charge is 0.478 e. The van der Waals surface area contributed by atoms with Crippen molar-refractivity contribution in [2.75, 3.05) is 0 Å². The maximum atomic E-state index is 13.2. The molecule has 0 saturated carbocycles. The molecule has 1 amide bonds. The number of amidine groups is 1. The van der Waals surface area contributed by atoms with Crippen molar-refractivity contribution in [2.24, 2.45) is 12.0 Å². The molecule has 0 unspecified atom stereocenters. The number of carboxylic acids is 1. The summed E-state index contributed by atoms with van der Waals surface area (Å²) in [5.41, 5.74) is 2.73. The number of carbonyl (C=O) groups excluding carboxylic acids is 1. The molecule has 0 spiro atoms. The Labute approximate surface area is 178 Å². The number of hydrogen-bond donors (Lipinski definition) is 1. The van der Waals surface area contributed by atoms with Crippen molar-refractivity contribution in [3.8, 4) is 0 Å². The number of carbonyl (C=O) groups is 2. The summed E-state index contributed by atoms with van der Waals surface area (Å²) >= 11 is 1.34. The van der Waals surface area contributed by atoms with Crippen LogP contribution in [0.3, 0.4) is 0 Å². The van der Waals surface area contributed by atoms with Gasteiger partial charge in [-0.15, -0.1) is 0 Å². The van der Waals surface area contributed by atoms with Crippen molar-refractivity contribution < 1.29 is 14.7 Å². The van der Waals surface area contributed by atoms with Crippen LogP contribution in [-0.4, -0.2) is 31.6 Å². The standard InChI is InChI=1S/C23H19N3O3S/c1-25-13-5-8-19(25)14-20-21(27)26(15-16-9-11-17(12-10-16)22(28)29)23(30-20)24-18-6-3-2-4-7-18/h2-14H,15H2,1H3,(H,28,29)/b20-14-,24-23?.